The van der Waals surface area contributed by atoms with E-state index >= 15 is 0 Å². The van der Waals surface area contributed by atoms with Crippen molar-refractivity contribution >= 4 is 17.5 Å². The highest BCUT2D eigenvalue weighted by molar-refractivity contribution is 5.99. The molecule has 0 spiro atoms. The van der Waals surface area contributed by atoms with E-state index in [9.17, 15) is 22.8 Å². The number of amides is 2. The van der Waals surface area contributed by atoms with Crippen molar-refractivity contribution in [1.82, 2.24) is 10.3 Å². The first-order valence-corrected chi connectivity index (χ1v) is 6.96. The molecule has 2 rings (SSSR count). The predicted molar refractivity (Wildman–Crippen MR) is 77.1 cm³/mol. The zero-order valence-corrected chi connectivity index (χ0v) is 12.4. The largest absolute Gasteiger partial charge is 0.471 e. The third-order valence-electron chi connectivity index (χ3n) is 3.69. The lowest BCUT2D eigenvalue weighted by atomic mass is 10.1. The maximum absolute atomic E-state index is 12.3. The van der Waals surface area contributed by atoms with Crippen molar-refractivity contribution in [2.75, 3.05) is 18.6 Å². The number of alkyl halides is 3. The molecular formula is C14H17F3N4O2. The number of anilines is 1. The van der Waals surface area contributed by atoms with Crippen LogP contribution in [0.3, 0.4) is 0 Å². The van der Waals surface area contributed by atoms with Gasteiger partial charge in [0.15, 0.2) is 0 Å². The molecule has 2 atom stereocenters. The second-order valence-electron chi connectivity index (χ2n) is 5.19. The first-order chi connectivity index (χ1) is 10.7. The Hall–Kier alpha value is -2.13. The monoisotopic (exact) mass is 330 g/mol. The van der Waals surface area contributed by atoms with Gasteiger partial charge in [-0.1, -0.05) is 18.2 Å². The number of nitrogens with one attached hydrogen (secondary N) is 1. The summed E-state index contributed by atoms with van der Waals surface area (Å²) in [6.45, 7) is -0.225. The molecule has 0 radical (unpaired) electrons. The van der Waals surface area contributed by atoms with Gasteiger partial charge in [0.1, 0.15) is 6.04 Å². The summed E-state index contributed by atoms with van der Waals surface area (Å²) in [5, 5.41) is 4.76. The summed E-state index contributed by atoms with van der Waals surface area (Å²) in [5.74, 6) is -2.34. The van der Waals surface area contributed by atoms with Crippen molar-refractivity contribution in [2.24, 2.45) is 5.73 Å². The average molecular weight is 330 g/mol. The fourth-order valence-electron chi connectivity index (χ4n) is 2.52. The van der Waals surface area contributed by atoms with Gasteiger partial charge in [0, 0.05) is 13.6 Å². The van der Waals surface area contributed by atoms with Crippen molar-refractivity contribution in [3.63, 3.8) is 0 Å². The van der Waals surface area contributed by atoms with Crippen molar-refractivity contribution < 1.29 is 22.8 Å². The molecule has 1 heterocycles. The number of carbonyl (C=O) groups excluding carboxylic acids is 2. The highest BCUT2D eigenvalue weighted by Gasteiger charge is 2.43. The van der Waals surface area contributed by atoms with Crippen LogP contribution < -0.4 is 16.1 Å². The molecule has 6 nitrogen and oxygen atoms in total. The molecule has 1 aromatic carbocycles. The van der Waals surface area contributed by atoms with Gasteiger partial charge in [-0.2, -0.15) is 13.2 Å². The lowest BCUT2D eigenvalue weighted by Crippen LogP contribution is -2.44. The van der Waals surface area contributed by atoms with Gasteiger partial charge in [-0.05, 0) is 18.6 Å². The van der Waals surface area contributed by atoms with Crippen LogP contribution in [0.15, 0.2) is 30.3 Å². The Morgan fingerprint density at radius 2 is 1.91 bits per heavy atom. The summed E-state index contributed by atoms with van der Waals surface area (Å²) in [6.07, 6.45) is -4.80. The summed E-state index contributed by atoms with van der Waals surface area (Å²) >= 11 is 0. The van der Waals surface area contributed by atoms with Crippen LogP contribution in [-0.4, -0.2) is 48.7 Å². The lowest BCUT2D eigenvalue weighted by Gasteiger charge is -2.28. The van der Waals surface area contributed by atoms with Gasteiger partial charge in [-0.15, -0.1) is 0 Å². The molecule has 2 amide bonds. The van der Waals surface area contributed by atoms with Crippen LogP contribution >= 0.6 is 0 Å². The number of hydrogen-bond acceptors (Lipinski definition) is 4. The molecule has 0 bridgehead atoms. The number of nitrogens with two attached hydrogens (primary N) is 1. The fraction of sp³-hybridized carbons (Fsp3) is 0.429. The summed E-state index contributed by atoms with van der Waals surface area (Å²) in [7, 11) is 1.63. The van der Waals surface area contributed by atoms with Crippen LogP contribution in [0.2, 0.25) is 0 Å². The number of para-hydroxylation sites is 1. The smallest absolute Gasteiger partial charge is 0.348 e. The molecular weight excluding hydrogens is 313 g/mol. The Bertz CT molecular complexity index is 579. The van der Waals surface area contributed by atoms with Crippen LogP contribution in [0.25, 0.3) is 0 Å². The molecule has 3 N–H and O–H groups in total. The van der Waals surface area contributed by atoms with Crippen LogP contribution in [0.1, 0.15) is 6.42 Å². The molecule has 0 saturated carbocycles. The van der Waals surface area contributed by atoms with Crippen molar-refractivity contribution in [3.05, 3.63) is 30.3 Å². The van der Waals surface area contributed by atoms with Crippen molar-refractivity contribution in [2.45, 2.75) is 24.7 Å². The predicted octanol–water partition coefficient (Wildman–Crippen LogP) is 0.644. The lowest BCUT2D eigenvalue weighted by molar-refractivity contribution is -0.173. The summed E-state index contributed by atoms with van der Waals surface area (Å²) in [4.78, 5) is 23.1. The van der Waals surface area contributed by atoms with Crippen LogP contribution in [0.5, 0.6) is 0 Å². The minimum absolute atomic E-state index is 0.120. The third-order valence-corrected chi connectivity index (χ3v) is 3.69. The number of nitrogens with zero attached hydrogens (tertiary/aromatic N) is 2. The van der Waals surface area contributed by atoms with Gasteiger partial charge in [-0.3, -0.25) is 9.59 Å². The van der Waals surface area contributed by atoms with E-state index in [1.165, 1.54) is 5.01 Å². The fourth-order valence-corrected chi connectivity index (χ4v) is 2.52. The third kappa shape index (κ3) is 3.62. The van der Waals surface area contributed by atoms with E-state index in [0.29, 0.717) is 5.69 Å². The normalized spacial score (nSPS) is 22.5. The highest BCUT2D eigenvalue weighted by Crippen LogP contribution is 2.26. The molecule has 9 heteroatoms. The van der Waals surface area contributed by atoms with E-state index < -0.39 is 24.2 Å². The van der Waals surface area contributed by atoms with Gasteiger partial charge in [0.05, 0.1) is 11.7 Å². The number of likely N-dealkylation sites (N-methyl/N-ethyl adjacent to an activating group) is 1. The van der Waals surface area contributed by atoms with E-state index in [-0.39, 0.29) is 18.9 Å². The van der Waals surface area contributed by atoms with E-state index in [1.54, 1.807) is 47.7 Å². The first-order valence-electron chi connectivity index (χ1n) is 6.96. The second-order valence-corrected chi connectivity index (χ2v) is 5.19. The Labute approximate surface area is 131 Å². The summed E-state index contributed by atoms with van der Waals surface area (Å²) < 4.78 is 36.4. The Balaban J connectivity index is 2.01. The molecule has 1 fully saturated rings. The molecule has 0 aliphatic carbocycles. The maximum Gasteiger partial charge on any atom is 0.471 e. The minimum Gasteiger partial charge on any atom is -0.348 e. The average Bonchev–Trinajstić information content (AvgIpc) is 2.70. The number of hydrazine groups is 1. The van der Waals surface area contributed by atoms with Gasteiger partial charge < -0.3 is 11.1 Å². The standard InChI is InChI=1S/C14H17F3N4O2/c1-20-10(7-8-19-13(23)14(15,16)17)11(18)12(22)21(20)9-5-3-2-4-6-9/h2-6,10-11H,7-8,18H2,1H3,(H,19,23). The Kier molecular flexibility index (Phi) is 4.90. The number of rotatable bonds is 4. The van der Waals surface area contributed by atoms with Gasteiger partial charge in [-0.25, -0.2) is 10.0 Å². The summed E-state index contributed by atoms with van der Waals surface area (Å²) in [5.41, 5.74) is 6.50. The van der Waals surface area contributed by atoms with Crippen LogP contribution in [0, 0.1) is 0 Å². The second kappa shape index (κ2) is 6.55. The van der Waals surface area contributed by atoms with Gasteiger partial charge in [0.25, 0.3) is 5.91 Å². The molecule has 1 aliphatic heterocycles. The molecule has 1 saturated heterocycles. The maximum atomic E-state index is 12.3. The highest BCUT2D eigenvalue weighted by atomic mass is 19.4. The molecule has 1 aromatic rings. The van der Waals surface area contributed by atoms with Gasteiger partial charge in [0.2, 0.25) is 0 Å². The molecule has 2 unspecified atom stereocenters. The number of halogens is 3. The number of carbonyl (C=O) groups is 2. The SMILES string of the molecule is CN1C(CCNC(=O)C(F)(F)F)C(N)C(=O)N1c1ccccc1. The first kappa shape index (κ1) is 17.2. The van der Waals surface area contributed by atoms with Crippen molar-refractivity contribution in [3.8, 4) is 0 Å². The quantitative estimate of drug-likeness (QED) is 0.849. The molecule has 1 aliphatic rings. The van der Waals surface area contributed by atoms with E-state index in [2.05, 4.69) is 0 Å². The Morgan fingerprint density at radius 3 is 2.48 bits per heavy atom. The van der Waals surface area contributed by atoms with Gasteiger partial charge >= 0.3 is 12.1 Å². The van der Waals surface area contributed by atoms with Crippen molar-refractivity contribution in [1.29, 1.82) is 0 Å². The van der Waals surface area contributed by atoms with Crippen LogP contribution in [-0.2, 0) is 9.59 Å². The molecule has 23 heavy (non-hydrogen) atoms. The topological polar surface area (TPSA) is 78.7 Å². The minimum atomic E-state index is -4.92. The number of benzene rings is 1. The zero-order valence-electron chi connectivity index (χ0n) is 12.4. The number of hydrogen-bond donors (Lipinski definition) is 2. The van der Waals surface area contributed by atoms with Crippen LogP contribution in [0.4, 0.5) is 18.9 Å². The molecule has 0 aromatic heterocycles. The summed E-state index contributed by atoms with van der Waals surface area (Å²) in [6, 6.07) is 7.41. The Morgan fingerprint density at radius 1 is 1.30 bits per heavy atom. The van der Waals surface area contributed by atoms with E-state index in [1.807, 2.05) is 0 Å². The molecule has 126 valence electrons. The van der Waals surface area contributed by atoms with E-state index in [0.717, 1.165) is 0 Å². The zero-order chi connectivity index (χ0) is 17.2. The van der Waals surface area contributed by atoms with E-state index in [4.69, 9.17) is 5.73 Å².